The molecule has 0 aromatic heterocycles. The van der Waals surface area contributed by atoms with Crippen LogP contribution in [-0.2, 0) is 17.8 Å². The molecule has 4 nitrogen and oxygen atoms in total. The summed E-state index contributed by atoms with van der Waals surface area (Å²) in [6.45, 7) is 5.62. The van der Waals surface area contributed by atoms with Gasteiger partial charge in [-0.3, -0.25) is 4.79 Å². The lowest BCUT2D eigenvalue weighted by Gasteiger charge is -2.17. The van der Waals surface area contributed by atoms with Crippen LogP contribution in [0.1, 0.15) is 28.4 Å². The lowest BCUT2D eigenvalue weighted by Crippen LogP contribution is -2.30. The monoisotopic (exact) mass is 248 g/mol. The fraction of sp³-hybridized carbons (Fsp3) is 0.500. The van der Waals surface area contributed by atoms with Crippen molar-refractivity contribution >= 4 is 5.91 Å². The largest absolute Gasteiger partial charge is 0.380 e. The zero-order chi connectivity index (χ0) is 13.0. The van der Waals surface area contributed by atoms with Crippen LogP contribution in [0.4, 0.5) is 0 Å². The van der Waals surface area contributed by atoms with Gasteiger partial charge in [0, 0.05) is 38.9 Å². The minimum atomic E-state index is 0.0596. The molecule has 1 aliphatic rings. The molecule has 1 aliphatic heterocycles. The van der Waals surface area contributed by atoms with E-state index in [2.05, 4.69) is 5.32 Å². The molecule has 0 aliphatic carbocycles. The molecule has 0 saturated carbocycles. The Hall–Kier alpha value is -1.39. The van der Waals surface area contributed by atoms with Crippen LogP contribution in [0.2, 0.25) is 0 Å². The Kier molecular flexibility index (Phi) is 4.33. The smallest absolute Gasteiger partial charge is 0.253 e. The molecule has 0 bridgehead atoms. The Morgan fingerprint density at radius 3 is 2.94 bits per heavy atom. The van der Waals surface area contributed by atoms with Crippen LogP contribution in [-0.4, -0.2) is 37.6 Å². The summed E-state index contributed by atoms with van der Waals surface area (Å²) in [4.78, 5) is 13.9. The first-order valence-corrected chi connectivity index (χ1v) is 6.38. The fourth-order valence-corrected chi connectivity index (χ4v) is 2.10. The Morgan fingerprint density at radius 1 is 1.39 bits per heavy atom. The Balaban J connectivity index is 2.00. The van der Waals surface area contributed by atoms with Crippen LogP contribution in [0.3, 0.4) is 0 Å². The number of fused-ring (bicyclic) bond motifs is 1. The van der Waals surface area contributed by atoms with Crippen molar-refractivity contribution in [2.45, 2.75) is 20.0 Å². The molecule has 2 rings (SSSR count). The zero-order valence-electron chi connectivity index (χ0n) is 11.0. The summed E-state index contributed by atoms with van der Waals surface area (Å²) in [5, 5.41) is 3.28. The van der Waals surface area contributed by atoms with Gasteiger partial charge in [0.2, 0.25) is 0 Å². The molecule has 0 atom stereocenters. The molecule has 1 aromatic carbocycles. The van der Waals surface area contributed by atoms with Gasteiger partial charge in [0.25, 0.3) is 5.91 Å². The number of likely N-dealkylation sites (N-methyl/N-ethyl adjacent to an activating group) is 1. The highest BCUT2D eigenvalue weighted by molar-refractivity contribution is 5.94. The van der Waals surface area contributed by atoms with E-state index in [0.717, 1.165) is 18.7 Å². The second kappa shape index (κ2) is 5.98. The molecule has 0 radical (unpaired) electrons. The van der Waals surface area contributed by atoms with E-state index in [1.54, 1.807) is 4.90 Å². The van der Waals surface area contributed by atoms with E-state index in [0.29, 0.717) is 19.8 Å². The molecular weight excluding hydrogens is 228 g/mol. The molecule has 98 valence electrons. The van der Waals surface area contributed by atoms with Crippen molar-refractivity contribution in [3.8, 4) is 0 Å². The molecule has 1 N–H and O–H groups in total. The number of amides is 1. The van der Waals surface area contributed by atoms with E-state index < -0.39 is 0 Å². The molecule has 0 saturated heterocycles. The summed E-state index contributed by atoms with van der Waals surface area (Å²) in [6, 6.07) is 5.94. The maximum atomic E-state index is 12.2. The van der Waals surface area contributed by atoms with E-state index in [1.807, 2.05) is 32.2 Å². The lowest BCUT2D eigenvalue weighted by atomic mass is 10.1. The highest BCUT2D eigenvalue weighted by Gasteiger charge is 2.15. The van der Waals surface area contributed by atoms with E-state index in [4.69, 9.17) is 4.74 Å². The minimum absolute atomic E-state index is 0.0596. The van der Waals surface area contributed by atoms with Crippen molar-refractivity contribution in [2.24, 2.45) is 0 Å². The molecule has 1 heterocycles. The first-order chi connectivity index (χ1) is 8.72. The summed E-state index contributed by atoms with van der Waals surface area (Å²) in [5.41, 5.74) is 3.29. The summed E-state index contributed by atoms with van der Waals surface area (Å²) >= 11 is 0. The second-order valence-electron chi connectivity index (χ2n) is 4.51. The fourth-order valence-electron chi connectivity index (χ4n) is 2.10. The quantitative estimate of drug-likeness (QED) is 0.801. The Bertz CT molecular complexity index is 432. The third-order valence-electron chi connectivity index (χ3n) is 3.21. The third kappa shape index (κ3) is 2.89. The zero-order valence-corrected chi connectivity index (χ0v) is 11.0. The average Bonchev–Trinajstić information content (AvgIpc) is 2.85. The predicted octanol–water partition coefficient (Wildman–Crippen LogP) is 1.40. The molecule has 0 spiro atoms. The van der Waals surface area contributed by atoms with Crippen molar-refractivity contribution in [2.75, 3.05) is 26.8 Å². The third-order valence-corrected chi connectivity index (χ3v) is 3.21. The molecular formula is C14H20N2O2. The van der Waals surface area contributed by atoms with Gasteiger partial charge in [0.1, 0.15) is 0 Å². The summed E-state index contributed by atoms with van der Waals surface area (Å²) in [5.74, 6) is 0.0596. The number of benzene rings is 1. The highest BCUT2D eigenvalue weighted by Crippen LogP contribution is 2.17. The number of ether oxygens (including phenoxy) is 1. The lowest BCUT2D eigenvalue weighted by molar-refractivity contribution is 0.0710. The van der Waals surface area contributed by atoms with Crippen molar-refractivity contribution in [3.63, 3.8) is 0 Å². The van der Waals surface area contributed by atoms with Crippen molar-refractivity contribution in [3.05, 3.63) is 34.9 Å². The van der Waals surface area contributed by atoms with Crippen LogP contribution >= 0.6 is 0 Å². The van der Waals surface area contributed by atoms with Crippen LogP contribution in [0.25, 0.3) is 0 Å². The Labute approximate surface area is 108 Å². The van der Waals surface area contributed by atoms with Crippen molar-refractivity contribution in [1.82, 2.24) is 10.2 Å². The van der Waals surface area contributed by atoms with E-state index in [-0.39, 0.29) is 5.91 Å². The number of nitrogens with one attached hydrogen (secondary N) is 1. The van der Waals surface area contributed by atoms with Gasteiger partial charge in [-0.25, -0.2) is 0 Å². The van der Waals surface area contributed by atoms with Gasteiger partial charge in [-0.2, -0.15) is 0 Å². The van der Waals surface area contributed by atoms with Crippen LogP contribution < -0.4 is 5.32 Å². The highest BCUT2D eigenvalue weighted by atomic mass is 16.5. The maximum Gasteiger partial charge on any atom is 0.253 e. The van der Waals surface area contributed by atoms with Gasteiger partial charge < -0.3 is 15.0 Å². The number of carbonyl (C=O) groups is 1. The molecule has 0 fully saturated rings. The normalized spacial score (nSPS) is 13.4. The molecule has 1 amide bonds. The van der Waals surface area contributed by atoms with Gasteiger partial charge in [-0.1, -0.05) is 6.07 Å². The van der Waals surface area contributed by atoms with Gasteiger partial charge in [0.05, 0.1) is 6.61 Å². The second-order valence-corrected chi connectivity index (χ2v) is 4.51. The number of carbonyl (C=O) groups excluding carboxylic acids is 1. The van der Waals surface area contributed by atoms with Crippen molar-refractivity contribution < 1.29 is 9.53 Å². The number of hydrogen-bond donors (Lipinski definition) is 1. The van der Waals surface area contributed by atoms with Gasteiger partial charge in [-0.05, 0) is 30.2 Å². The molecule has 4 heteroatoms. The van der Waals surface area contributed by atoms with Gasteiger partial charge in [-0.15, -0.1) is 0 Å². The maximum absolute atomic E-state index is 12.2. The van der Waals surface area contributed by atoms with Crippen LogP contribution in [0.15, 0.2) is 18.2 Å². The van der Waals surface area contributed by atoms with Gasteiger partial charge >= 0.3 is 0 Å². The van der Waals surface area contributed by atoms with Crippen LogP contribution in [0, 0.1) is 0 Å². The summed E-state index contributed by atoms with van der Waals surface area (Å²) in [6.07, 6.45) is 0. The number of rotatable bonds is 5. The Morgan fingerprint density at radius 2 is 2.17 bits per heavy atom. The molecule has 18 heavy (non-hydrogen) atoms. The first-order valence-electron chi connectivity index (χ1n) is 6.38. The minimum Gasteiger partial charge on any atom is -0.380 e. The van der Waals surface area contributed by atoms with Gasteiger partial charge in [0.15, 0.2) is 0 Å². The summed E-state index contributed by atoms with van der Waals surface area (Å²) in [7, 11) is 1.81. The van der Waals surface area contributed by atoms with E-state index >= 15 is 0 Å². The van der Waals surface area contributed by atoms with E-state index in [9.17, 15) is 4.79 Å². The van der Waals surface area contributed by atoms with Crippen LogP contribution in [0.5, 0.6) is 0 Å². The topological polar surface area (TPSA) is 41.6 Å². The van der Waals surface area contributed by atoms with E-state index in [1.165, 1.54) is 11.1 Å². The number of hydrogen-bond acceptors (Lipinski definition) is 3. The average molecular weight is 248 g/mol. The molecule has 1 aromatic rings. The summed E-state index contributed by atoms with van der Waals surface area (Å²) < 4.78 is 5.26. The first kappa shape index (κ1) is 13.1. The molecule has 0 unspecified atom stereocenters. The standard InChI is InChI=1S/C14H20N2O2/c1-3-18-7-6-16(2)14(17)11-4-5-12-9-15-10-13(12)8-11/h4-5,8,15H,3,6-7,9-10H2,1-2H3. The van der Waals surface area contributed by atoms with Crippen molar-refractivity contribution in [1.29, 1.82) is 0 Å². The SMILES string of the molecule is CCOCCN(C)C(=O)c1ccc2c(c1)CNC2. The number of nitrogens with zero attached hydrogens (tertiary/aromatic N) is 1. The predicted molar refractivity (Wildman–Crippen MR) is 70.4 cm³/mol.